The van der Waals surface area contributed by atoms with Crippen LogP contribution in [0.2, 0.25) is 0 Å². The summed E-state index contributed by atoms with van der Waals surface area (Å²) in [5.41, 5.74) is 2.07. The van der Waals surface area contributed by atoms with Crippen molar-refractivity contribution in [1.29, 1.82) is 0 Å². The van der Waals surface area contributed by atoms with E-state index in [0.717, 1.165) is 28.6 Å². The van der Waals surface area contributed by atoms with Crippen molar-refractivity contribution in [2.45, 2.75) is 24.6 Å². The lowest BCUT2D eigenvalue weighted by Gasteiger charge is -2.09. The van der Waals surface area contributed by atoms with Crippen LogP contribution in [-0.4, -0.2) is 31.9 Å². The van der Waals surface area contributed by atoms with Crippen molar-refractivity contribution in [1.82, 2.24) is 19.7 Å². The van der Waals surface area contributed by atoms with Crippen molar-refractivity contribution in [3.05, 3.63) is 28.9 Å². The molecule has 1 N–H and O–H groups in total. The first-order valence-corrected chi connectivity index (χ1v) is 7.97. The minimum atomic E-state index is 0.789. The summed E-state index contributed by atoms with van der Waals surface area (Å²) in [4.78, 5) is 8.52. The summed E-state index contributed by atoms with van der Waals surface area (Å²) in [6.45, 7) is 1.94. The summed E-state index contributed by atoms with van der Waals surface area (Å²) >= 11 is 5.47. The van der Waals surface area contributed by atoms with Gasteiger partial charge in [0, 0.05) is 24.5 Å². The summed E-state index contributed by atoms with van der Waals surface area (Å²) in [5.74, 6) is 1.32. The van der Waals surface area contributed by atoms with E-state index in [-0.39, 0.29) is 0 Å². The first-order chi connectivity index (χ1) is 8.83. The van der Waals surface area contributed by atoms with E-state index in [1.807, 2.05) is 12.4 Å². The average molecular weight is 327 g/mol. The summed E-state index contributed by atoms with van der Waals surface area (Å²) in [6.07, 6.45) is 8.37. The van der Waals surface area contributed by atoms with Gasteiger partial charge in [-0.1, -0.05) is 0 Å². The minimum Gasteiger partial charge on any atom is -0.310 e. The Balaban J connectivity index is 1.65. The third kappa shape index (κ3) is 2.70. The molecule has 0 bridgehead atoms. The monoisotopic (exact) mass is 326 g/mol. The third-order valence-electron chi connectivity index (χ3n) is 3.14. The summed E-state index contributed by atoms with van der Waals surface area (Å²) in [5, 5.41) is 4.31. The maximum absolute atomic E-state index is 4.34. The molecule has 2 aromatic rings. The standard InChI is InChI=1S/C12H15BrN4S/c13-11-8-17-9(5-16-12(17)7-15-11)4-14-6-10-2-1-3-18-10/h5,7-8,10,14H,1-4,6H2. The van der Waals surface area contributed by atoms with E-state index >= 15 is 0 Å². The predicted molar refractivity (Wildman–Crippen MR) is 77.9 cm³/mol. The summed E-state index contributed by atoms with van der Waals surface area (Å²) < 4.78 is 2.91. The Labute approximate surface area is 119 Å². The van der Waals surface area contributed by atoms with Gasteiger partial charge >= 0.3 is 0 Å². The number of hydrogen-bond donors (Lipinski definition) is 1. The Morgan fingerprint density at radius 2 is 2.39 bits per heavy atom. The van der Waals surface area contributed by atoms with Gasteiger partial charge < -0.3 is 5.32 Å². The second-order valence-electron chi connectivity index (χ2n) is 4.45. The Kier molecular flexibility index (Phi) is 3.86. The fraction of sp³-hybridized carbons (Fsp3) is 0.500. The number of nitrogens with one attached hydrogen (secondary N) is 1. The normalized spacial score (nSPS) is 19.7. The molecular formula is C12H15BrN4S. The van der Waals surface area contributed by atoms with Crippen LogP contribution in [0.15, 0.2) is 23.2 Å². The number of aromatic nitrogens is 3. The van der Waals surface area contributed by atoms with Crippen molar-refractivity contribution in [2.75, 3.05) is 12.3 Å². The van der Waals surface area contributed by atoms with E-state index in [1.54, 1.807) is 6.20 Å². The second kappa shape index (κ2) is 5.59. The van der Waals surface area contributed by atoms with Crippen LogP contribution in [0.5, 0.6) is 0 Å². The minimum absolute atomic E-state index is 0.789. The van der Waals surface area contributed by atoms with Crippen molar-refractivity contribution < 1.29 is 0 Å². The molecule has 0 aromatic carbocycles. The van der Waals surface area contributed by atoms with Gasteiger partial charge in [-0.05, 0) is 34.5 Å². The molecule has 3 heterocycles. The number of fused-ring (bicyclic) bond motifs is 1. The van der Waals surface area contributed by atoms with Gasteiger partial charge in [-0.15, -0.1) is 0 Å². The van der Waals surface area contributed by atoms with Gasteiger partial charge in [-0.2, -0.15) is 11.8 Å². The van der Waals surface area contributed by atoms with Gasteiger partial charge in [0.1, 0.15) is 4.60 Å². The number of imidazole rings is 1. The highest BCUT2D eigenvalue weighted by molar-refractivity contribution is 9.10. The first kappa shape index (κ1) is 12.4. The molecule has 1 aliphatic heterocycles. The van der Waals surface area contributed by atoms with Crippen LogP contribution >= 0.6 is 27.7 Å². The molecule has 4 nitrogen and oxygen atoms in total. The van der Waals surface area contributed by atoms with Crippen molar-refractivity contribution in [3.8, 4) is 0 Å². The Morgan fingerprint density at radius 3 is 3.22 bits per heavy atom. The Hall–Kier alpha value is -0.590. The van der Waals surface area contributed by atoms with E-state index in [0.29, 0.717) is 0 Å². The number of thioether (sulfide) groups is 1. The SMILES string of the molecule is Brc1cn2c(CNCC3CCCS3)cnc2cn1. The van der Waals surface area contributed by atoms with Gasteiger partial charge in [-0.3, -0.25) is 4.40 Å². The molecule has 1 fully saturated rings. The van der Waals surface area contributed by atoms with Crippen LogP contribution in [0.4, 0.5) is 0 Å². The number of hydrogen-bond acceptors (Lipinski definition) is 4. The third-order valence-corrected chi connectivity index (χ3v) is 4.95. The van der Waals surface area contributed by atoms with Gasteiger partial charge in [-0.25, -0.2) is 9.97 Å². The molecule has 0 spiro atoms. The zero-order valence-corrected chi connectivity index (χ0v) is 12.4. The molecule has 3 rings (SSSR count). The van der Waals surface area contributed by atoms with Gasteiger partial charge in [0.15, 0.2) is 5.65 Å². The van der Waals surface area contributed by atoms with Gasteiger partial charge in [0.25, 0.3) is 0 Å². The molecular weight excluding hydrogens is 312 g/mol. The smallest absolute Gasteiger partial charge is 0.155 e. The zero-order chi connectivity index (χ0) is 12.4. The van der Waals surface area contributed by atoms with Crippen molar-refractivity contribution >= 4 is 33.3 Å². The number of halogens is 1. The zero-order valence-electron chi connectivity index (χ0n) is 9.97. The molecule has 1 saturated heterocycles. The highest BCUT2D eigenvalue weighted by Crippen LogP contribution is 2.25. The molecule has 1 unspecified atom stereocenters. The quantitative estimate of drug-likeness (QED) is 0.937. The molecule has 2 aromatic heterocycles. The lowest BCUT2D eigenvalue weighted by atomic mass is 10.2. The Morgan fingerprint density at radius 1 is 1.44 bits per heavy atom. The second-order valence-corrected chi connectivity index (χ2v) is 6.67. The largest absolute Gasteiger partial charge is 0.310 e. The van der Waals surface area contributed by atoms with E-state index < -0.39 is 0 Å². The van der Waals surface area contributed by atoms with Crippen LogP contribution in [0.25, 0.3) is 5.65 Å². The lowest BCUT2D eigenvalue weighted by molar-refractivity contribution is 0.635. The molecule has 0 saturated carbocycles. The molecule has 0 aliphatic carbocycles. The van der Waals surface area contributed by atoms with Crippen LogP contribution < -0.4 is 5.32 Å². The number of nitrogens with zero attached hydrogens (tertiary/aromatic N) is 3. The molecule has 0 amide bonds. The maximum atomic E-state index is 4.34. The molecule has 96 valence electrons. The predicted octanol–water partition coefficient (Wildman–Crippen LogP) is 2.48. The Bertz CT molecular complexity index is 536. The van der Waals surface area contributed by atoms with Crippen LogP contribution in [-0.2, 0) is 6.54 Å². The van der Waals surface area contributed by atoms with E-state index in [9.17, 15) is 0 Å². The van der Waals surface area contributed by atoms with Crippen LogP contribution in [0.1, 0.15) is 18.5 Å². The van der Waals surface area contributed by atoms with Crippen molar-refractivity contribution in [2.24, 2.45) is 0 Å². The highest BCUT2D eigenvalue weighted by atomic mass is 79.9. The topological polar surface area (TPSA) is 42.2 Å². The highest BCUT2D eigenvalue weighted by Gasteiger charge is 2.14. The van der Waals surface area contributed by atoms with E-state index in [4.69, 9.17) is 0 Å². The molecule has 6 heteroatoms. The maximum Gasteiger partial charge on any atom is 0.155 e. The molecule has 1 atom stereocenters. The lowest BCUT2D eigenvalue weighted by Crippen LogP contribution is -2.23. The fourth-order valence-electron chi connectivity index (χ4n) is 2.21. The first-order valence-electron chi connectivity index (χ1n) is 6.13. The van der Waals surface area contributed by atoms with Crippen LogP contribution in [0, 0.1) is 0 Å². The van der Waals surface area contributed by atoms with Gasteiger partial charge in [0.2, 0.25) is 0 Å². The summed E-state index contributed by atoms with van der Waals surface area (Å²) in [7, 11) is 0. The van der Waals surface area contributed by atoms with Crippen LogP contribution in [0.3, 0.4) is 0 Å². The van der Waals surface area contributed by atoms with Gasteiger partial charge in [0.05, 0.1) is 18.1 Å². The molecule has 18 heavy (non-hydrogen) atoms. The summed E-state index contributed by atoms with van der Waals surface area (Å²) in [6, 6.07) is 0. The van der Waals surface area contributed by atoms with E-state index in [2.05, 4.69) is 47.4 Å². The molecule has 1 aliphatic rings. The van der Waals surface area contributed by atoms with E-state index in [1.165, 1.54) is 24.3 Å². The average Bonchev–Trinajstić information content (AvgIpc) is 2.99. The fourth-order valence-corrected chi connectivity index (χ4v) is 3.76. The van der Waals surface area contributed by atoms with Crippen molar-refractivity contribution in [3.63, 3.8) is 0 Å². The number of rotatable bonds is 4. The molecule has 0 radical (unpaired) electrons.